The molecule has 1 heterocycles. The van der Waals surface area contributed by atoms with Crippen molar-refractivity contribution in [3.05, 3.63) is 98.5 Å². The van der Waals surface area contributed by atoms with E-state index in [-0.39, 0.29) is 5.91 Å². The van der Waals surface area contributed by atoms with E-state index < -0.39 is 5.97 Å². The molecule has 0 atom stereocenters. The van der Waals surface area contributed by atoms with Crippen molar-refractivity contribution >= 4 is 74.5 Å². The lowest BCUT2D eigenvalue weighted by molar-refractivity contribution is -0.113. The third-order valence-electron chi connectivity index (χ3n) is 4.29. The Morgan fingerprint density at radius 3 is 2.33 bits per heavy atom. The maximum absolute atomic E-state index is 12.8. The molecule has 1 aliphatic heterocycles. The number of carbonyl (C=O) groups is 2. The van der Waals surface area contributed by atoms with Crippen molar-refractivity contribution in [2.75, 3.05) is 4.90 Å². The summed E-state index contributed by atoms with van der Waals surface area (Å²) in [7, 11) is 0. The minimum Gasteiger partial charge on any atom is -0.423 e. The molecule has 0 aromatic heterocycles. The van der Waals surface area contributed by atoms with Crippen molar-refractivity contribution in [1.82, 2.24) is 0 Å². The Morgan fingerprint density at radius 2 is 1.63 bits per heavy atom. The zero-order valence-electron chi connectivity index (χ0n) is 15.4. The number of esters is 1. The first-order valence-corrected chi connectivity index (χ1v) is 11.2. The molecule has 1 fully saturated rings. The Kier molecular flexibility index (Phi) is 6.31. The number of para-hydroxylation sites is 1. The number of amides is 1. The molecular weight excluding hydrogens is 529 g/mol. The molecule has 0 bridgehead atoms. The lowest BCUT2D eigenvalue weighted by atomic mass is 10.2. The molecule has 0 radical (unpaired) electrons. The summed E-state index contributed by atoms with van der Waals surface area (Å²) in [5, 5.41) is 0. The van der Waals surface area contributed by atoms with E-state index in [0.717, 1.165) is 14.8 Å². The van der Waals surface area contributed by atoms with Gasteiger partial charge in [-0.05, 0) is 70.6 Å². The van der Waals surface area contributed by atoms with Gasteiger partial charge in [-0.2, -0.15) is 0 Å². The SMILES string of the molecule is O=C(Oc1ccc(/C=C2\SC(=S)N(c3ccccc3)C2=O)cc1)c1ccccc1I. The standard InChI is InChI=1S/C23H14INO3S2/c24-19-9-5-4-8-18(19)22(27)28-17-12-10-15(11-13-17)14-20-21(26)25(23(29)30-20)16-6-2-1-3-7-16/h1-14H/b20-14-. The van der Waals surface area contributed by atoms with Crippen LogP contribution in [0.4, 0.5) is 5.69 Å². The Hall–Kier alpha value is -2.49. The average molecular weight is 543 g/mol. The van der Waals surface area contributed by atoms with Crippen molar-refractivity contribution in [3.63, 3.8) is 0 Å². The third-order valence-corrected chi connectivity index (χ3v) is 6.53. The largest absolute Gasteiger partial charge is 0.423 e. The highest BCUT2D eigenvalue weighted by atomic mass is 127. The lowest BCUT2D eigenvalue weighted by Gasteiger charge is -2.13. The highest BCUT2D eigenvalue weighted by Gasteiger charge is 2.33. The minimum atomic E-state index is -0.406. The van der Waals surface area contributed by atoms with E-state index in [1.54, 1.807) is 42.5 Å². The summed E-state index contributed by atoms with van der Waals surface area (Å²) in [6.07, 6.45) is 1.79. The summed E-state index contributed by atoms with van der Waals surface area (Å²) in [4.78, 5) is 27.2. The Balaban J connectivity index is 1.49. The van der Waals surface area contributed by atoms with Gasteiger partial charge in [0.1, 0.15) is 5.75 Å². The molecular formula is C23H14INO3S2. The molecule has 4 nitrogen and oxygen atoms in total. The predicted molar refractivity (Wildman–Crippen MR) is 133 cm³/mol. The van der Waals surface area contributed by atoms with Gasteiger partial charge in [0.25, 0.3) is 5.91 Å². The lowest BCUT2D eigenvalue weighted by Crippen LogP contribution is -2.27. The van der Waals surface area contributed by atoms with Crippen LogP contribution in [0.3, 0.4) is 0 Å². The van der Waals surface area contributed by atoms with Crippen molar-refractivity contribution in [3.8, 4) is 5.75 Å². The van der Waals surface area contributed by atoms with Crippen molar-refractivity contribution in [2.45, 2.75) is 0 Å². The van der Waals surface area contributed by atoms with Gasteiger partial charge in [0.05, 0.1) is 16.2 Å². The zero-order valence-corrected chi connectivity index (χ0v) is 19.2. The first kappa shape index (κ1) is 20.8. The van der Waals surface area contributed by atoms with Crippen LogP contribution < -0.4 is 9.64 Å². The normalized spacial score (nSPS) is 15.0. The van der Waals surface area contributed by atoms with E-state index >= 15 is 0 Å². The van der Waals surface area contributed by atoms with Crippen LogP contribution in [0.25, 0.3) is 6.08 Å². The molecule has 3 aromatic carbocycles. The summed E-state index contributed by atoms with van der Waals surface area (Å²) >= 11 is 8.76. The quantitative estimate of drug-likeness (QED) is 0.135. The van der Waals surface area contributed by atoms with E-state index in [1.165, 1.54) is 16.7 Å². The van der Waals surface area contributed by atoms with Crippen molar-refractivity contribution < 1.29 is 14.3 Å². The van der Waals surface area contributed by atoms with Gasteiger partial charge in [-0.3, -0.25) is 9.69 Å². The van der Waals surface area contributed by atoms with Crippen LogP contribution in [0.15, 0.2) is 83.8 Å². The van der Waals surface area contributed by atoms with Gasteiger partial charge in [-0.15, -0.1) is 0 Å². The fourth-order valence-electron chi connectivity index (χ4n) is 2.84. The van der Waals surface area contributed by atoms with Gasteiger partial charge < -0.3 is 4.74 Å². The second kappa shape index (κ2) is 9.11. The van der Waals surface area contributed by atoms with E-state index in [2.05, 4.69) is 22.6 Å². The number of anilines is 1. The molecule has 1 saturated heterocycles. The van der Waals surface area contributed by atoms with Gasteiger partial charge in [-0.1, -0.05) is 66.4 Å². The second-order valence-electron chi connectivity index (χ2n) is 6.29. The fourth-order valence-corrected chi connectivity index (χ4v) is 4.75. The maximum Gasteiger partial charge on any atom is 0.344 e. The Morgan fingerprint density at radius 1 is 0.967 bits per heavy atom. The van der Waals surface area contributed by atoms with Crippen LogP contribution in [0.2, 0.25) is 0 Å². The fraction of sp³-hybridized carbons (Fsp3) is 0. The molecule has 4 rings (SSSR count). The summed E-state index contributed by atoms with van der Waals surface area (Å²) in [6.45, 7) is 0. The second-order valence-corrected chi connectivity index (χ2v) is 9.13. The van der Waals surface area contributed by atoms with Crippen LogP contribution in [-0.4, -0.2) is 16.2 Å². The van der Waals surface area contributed by atoms with Crippen LogP contribution in [-0.2, 0) is 4.79 Å². The predicted octanol–water partition coefficient (Wildman–Crippen LogP) is 5.92. The average Bonchev–Trinajstić information content (AvgIpc) is 3.03. The molecule has 0 unspecified atom stereocenters. The number of thiocarbonyl (C=S) groups is 1. The molecule has 7 heteroatoms. The molecule has 1 aliphatic rings. The number of carbonyl (C=O) groups excluding carboxylic acids is 2. The molecule has 0 spiro atoms. The van der Waals surface area contributed by atoms with Crippen LogP contribution in [0.5, 0.6) is 5.75 Å². The number of nitrogens with zero attached hydrogens (tertiary/aromatic N) is 1. The van der Waals surface area contributed by atoms with Crippen molar-refractivity contribution in [1.29, 1.82) is 0 Å². The first-order chi connectivity index (χ1) is 14.5. The van der Waals surface area contributed by atoms with E-state index in [9.17, 15) is 9.59 Å². The number of benzene rings is 3. The van der Waals surface area contributed by atoms with Crippen LogP contribution in [0.1, 0.15) is 15.9 Å². The molecule has 0 aliphatic carbocycles. The number of ether oxygens (including phenoxy) is 1. The first-order valence-electron chi connectivity index (χ1n) is 8.93. The van der Waals surface area contributed by atoms with Gasteiger partial charge in [0.2, 0.25) is 0 Å². The maximum atomic E-state index is 12.8. The molecule has 30 heavy (non-hydrogen) atoms. The van der Waals surface area contributed by atoms with Gasteiger partial charge in [-0.25, -0.2) is 4.79 Å². The topological polar surface area (TPSA) is 46.6 Å². The van der Waals surface area contributed by atoms with Gasteiger partial charge in [0.15, 0.2) is 4.32 Å². The molecule has 0 saturated carbocycles. The minimum absolute atomic E-state index is 0.148. The van der Waals surface area contributed by atoms with E-state index in [1.807, 2.05) is 42.5 Å². The third kappa shape index (κ3) is 4.48. The van der Waals surface area contributed by atoms with Gasteiger partial charge in [0, 0.05) is 3.57 Å². The molecule has 1 amide bonds. The number of hydrogen-bond acceptors (Lipinski definition) is 5. The zero-order chi connectivity index (χ0) is 21.1. The van der Waals surface area contributed by atoms with Crippen LogP contribution in [0, 0.1) is 3.57 Å². The number of thioether (sulfide) groups is 1. The summed E-state index contributed by atoms with van der Waals surface area (Å²) in [5.74, 6) is -0.115. The summed E-state index contributed by atoms with van der Waals surface area (Å²) < 4.78 is 6.78. The Labute approximate surface area is 197 Å². The van der Waals surface area contributed by atoms with Crippen molar-refractivity contribution in [2.24, 2.45) is 0 Å². The summed E-state index contributed by atoms with van der Waals surface area (Å²) in [6, 6.07) is 23.6. The van der Waals surface area contributed by atoms with Crippen LogP contribution >= 0.6 is 46.6 Å². The molecule has 0 N–H and O–H groups in total. The monoisotopic (exact) mass is 543 g/mol. The van der Waals surface area contributed by atoms with E-state index in [0.29, 0.717) is 20.5 Å². The van der Waals surface area contributed by atoms with Gasteiger partial charge >= 0.3 is 5.97 Å². The molecule has 148 valence electrons. The number of rotatable bonds is 4. The highest BCUT2D eigenvalue weighted by Crippen LogP contribution is 2.36. The summed E-state index contributed by atoms with van der Waals surface area (Å²) in [5.41, 5.74) is 2.09. The molecule has 3 aromatic rings. The van der Waals surface area contributed by atoms with E-state index in [4.69, 9.17) is 17.0 Å². The highest BCUT2D eigenvalue weighted by molar-refractivity contribution is 14.1. The smallest absolute Gasteiger partial charge is 0.344 e. The Bertz CT molecular complexity index is 1160. The number of halogens is 1. The number of hydrogen-bond donors (Lipinski definition) is 0.